The number of carbonyl (C=O) groups is 1. The number of ketones is 1. The predicted molar refractivity (Wildman–Crippen MR) is 41.5 cm³/mol. The molecule has 0 unspecified atom stereocenters. The van der Waals surface area contributed by atoms with E-state index in [1.54, 1.807) is 7.05 Å². The number of Topliss-reactive ketones (excluding diaryl/α,β-unsaturated/α-hetero) is 1. The lowest BCUT2D eigenvalue weighted by molar-refractivity contribution is -0.113. The van der Waals surface area contributed by atoms with Gasteiger partial charge < -0.3 is 0 Å². The fraction of sp³-hybridized carbons (Fsp3) is 0.750. The molecule has 0 radical (unpaired) electrons. The Bertz CT molecular complexity index is 161. The summed E-state index contributed by atoms with van der Waals surface area (Å²) in [6, 6.07) is 0. The maximum absolute atomic E-state index is 11.1. The summed E-state index contributed by atoms with van der Waals surface area (Å²) in [7, 11) is 1.71. The summed E-state index contributed by atoms with van der Waals surface area (Å²) in [5, 5.41) is 0. The van der Waals surface area contributed by atoms with E-state index in [4.69, 9.17) is 0 Å². The number of rotatable bonds is 0. The van der Waals surface area contributed by atoms with Gasteiger partial charge in [0.05, 0.1) is 5.71 Å². The van der Waals surface area contributed by atoms with E-state index in [0.29, 0.717) is 6.42 Å². The van der Waals surface area contributed by atoms with Crippen LogP contribution >= 0.6 is 0 Å². The minimum absolute atomic E-state index is 0.264. The van der Waals surface area contributed by atoms with E-state index in [1.165, 1.54) is 6.42 Å². The first-order valence-corrected chi connectivity index (χ1v) is 3.83. The third-order valence-corrected chi connectivity index (χ3v) is 1.91. The highest BCUT2D eigenvalue weighted by Gasteiger charge is 2.13. The third kappa shape index (κ3) is 1.66. The van der Waals surface area contributed by atoms with Crippen LogP contribution < -0.4 is 0 Å². The van der Waals surface area contributed by atoms with Crippen LogP contribution in [0.2, 0.25) is 0 Å². The standard InChI is InChI=1S/C8H13NO/c1-9-7-5-3-2-4-6-8(7)10/h2-6H2,1H3/b9-7+. The first-order valence-electron chi connectivity index (χ1n) is 3.83. The Morgan fingerprint density at radius 3 is 2.60 bits per heavy atom. The molecule has 0 bridgehead atoms. The van der Waals surface area contributed by atoms with E-state index < -0.39 is 0 Å². The average Bonchev–Trinajstić information content (AvgIpc) is 2.13. The second-order valence-electron chi connectivity index (χ2n) is 2.65. The normalized spacial score (nSPS) is 24.9. The maximum atomic E-state index is 11.1. The summed E-state index contributed by atoms with van der Waals surface area (Å²) in [4.78, 5) is 15.1. The van der Waals surface area contributed by atoms with Gasteiger partial charge in [-0.05, 0) is 19.3 Å². The van der Waals surface area contributed by atoms with Crippen LogP contribution in [0.4, 0.5) is 0 Å². The van der Waals surface area contributed by atoms with E-state index in [2.05, 4.69) is 4.99 Å². The molecule has 10 heavy (non-hydrogen) atoms. The average molecular weight is 139 g/mol. The van der Waals surface area contributed by atoms with E-state index in [9.17, 15) is 4.79 Å². The SMILES string of the molecule is C/N=C1\CCCCCC1=O. The first-order chi connectivity index (χ1) is 4.84. The summed E-state index contributed by atoms with van der Waals surface area (Å²) in [6.07, 6.45) is 4.99. The van der Waals surface area contributed by atoms with E-state index in [0.717, 1.165) is 25.0 Å². The molecule has 0 heterocycles. The van der Waals surface area contributed by atoms with Gasteiger partial charge in [0.1, 0.15) is 0 Å². The molecule has 0 aromatic carbocycles. The second kappa shape index (κ2) is 3.49. The molecular weight excluding hydrogens is 126 g/mol. The lowest BCUT2D eigenvalue weighted by Crippen LogP contribution is -2.10. The molecule has 0 aromatic heterocycles. The summed E-state index contributed by atoms with van der Waals surface area (Å²) in [5.74, 6) is 0.264. The van der Waals surface area contributed by atoms with Crippen molar-refractivity contribution in [3.63, 3.8) is 0 Å². The van der Waals surface area contributed by atoms with Crippen molar-refractivity contribution >= 4 is 11.5 Å². The van der Waals surface area contributed by atoms with Crippen LogP contribution in [0.5, 0.6) is 0 Å². The van der Waals surface area contributed by atoms with Gasteiger partial charge in [0, 0.05) is 13.5 Å². The van der Waals surface area contributed by atoms with Crippen LogP contribution in [0.3, 0.4) is 0 Å². The Kier molecular flexibility index (Phi) is 2.60. The van der Waals surface area contributed by atoms with Crippen LogP contribution in [0.1, 0.15) is 32.1 Å². The van der Waals surface area contributed by atoms with Gasteiger partial charge in [-0.3, -0.25) is 9.79 Å². The summed E-state index contributed by atoms with van der Waals surface area (Å²) < 4.78 is 0. The fourth-order valence-corrected chi connectivity index (χ4v) is 1.27. The van der Waals surface area contributed by atoms with Crippen LogP contribution in [0.15, 0.2) is 4.99 Å². The molecule has 1 aliphatic rings. The molecule has 1 aliphatic carbocycles. The van der Waals surface area contributed by atoms with Gasteiger partial charge in [0.25, 0.3) is 0 Å². The van der Waals surface area contributed by atoms with E-state index >= 15 is 0 Å². The number of hydrogen-bond acceptors (Lipinski definition) is 2. The highest BCUT2D eigenvalue weighted by molar-refractivity contribution is 6.39. The predicted octanol–water partition coefficient (Wildman–Crippen LogP) is 1.59. The summed E-state index contributed by atoms with van der Waals surface area (Å²) in [6.45, 7) is 0. The zero-order valence-corrected chi connectivity index (χ0v) is 6.39. The molecule has 56 valence electrons. The molecule has 0 saturated heterocycles. The van der Waals surface area contributed by atoms with Crippen LogP contribution in [0.25, 0.3) is 0 Å². The van der Waals surface area contributed by atoms with E-state index in [1.807, 2.05) is 0 Å². The lowest BCUT2D eigenvalue weighted by Gasteiger charge is -1.95. The Morgan fingerprint density at radius 1 is 1.20 bits per heavy atom. The van der Waals surface area contributed by atoms with Crippen molar-refractivity contribution in [2.45, 2.75) is 32.1 Å². The maximum Gasteiger partial charge on any atom is 0.176 e. The van der Waals surface area contributed by atoms with Crippen molar-refractivity contribution in [2.75, 3.05) is 7.05 Å². The van der Waals surface area contributed by atoms with Gasteiger partial charge in [-0.25, -0.2) is 0 Å². The number of nitrogens with zero attached hydrogens (tertiary/aromatic N) is 1. The van der Waals surface area contributed by atoms with Crippen molar-refractivity contribution in [2.24, 2.45) is 4.99 Å². The number of carbonyl (C=O) groups excluding carboxylic acids is 1. The number of aliphatic imine (C=N–C) groups is 1. The number of hydrogen-bond donors (Lipinski definition) is 0. The minimum atomic E-state index is 0.264. The summed E-state index contributed by atoms with van der Waals surface area (Å²) in [5.41, 5.74) is 0.803. The van der Waals surface area contributed by atoms with Crippen LogP contribution in [-0.4, -0.2) is 18.5 Å². The highest BCUT2D eigenvalue weighted by Crippen LogP contribution is 2.11. The van der Waals surface area contributed by atoms with Gasteiger partial charge in [-0.1, -0.05) is 6.42 Å². The fourth-order valence-electron chi connectivity index (χ4n) is 1.27. The topological polar surface area (TPSA) is 29.4 Å². The molecule has 1 saturated carbocycles. The molecular formula is C8H13NO. The van der Waals surface area contributed by atoms with Gasteiger partial charge >= 0.3 is 0 Å². The molecule has 2 nitrogen and oxygen atoms in total. The van der Waals surface area contributed by atoms with Crippen molar-refractivity contribution in [1.29, 1.82) is 0 Å². The van der Waals surface area contributed by atoms with Gasteiger partial charge in [-0.2, -0.15) is 0 Å². The molecule has 2 heteroatoms. The Hall–Kier alpha value is -0.660. The smallest absolute Gasteiger partial charge is 0.176 e. The van der Waals surface area contributed by atoms with Crippen LogP contribution in [-0.2, 0) is 4.79 Å². The first kappa shape index (κ1) is 7.45. The Morgan fingerprint density at radius 2 is 1.90 bits per heavy atom. The zero-order valence-electron chi connectivity index (χ0n) is 6.39. The highest BCUT2D eigenvalue weighted by atomic mass is 16.1. The molecule has 0 amide bonds. The second-order valence-corrected chi connectivity index (χ2v) is 2.65. The molecule has 0 atom stereocenters. The lowest BCUT2D eigenvalue weighted by atomic mass is 10.1. The molecule has 0 N–H and O–H groups in total. The van der Waals surface area contributed by atoms with Gasteiger partial charge in [-0.15, -0.1) is 0 Å². The monoisotopic (exact) mass is 139 g/mol. The zero-order chi connectivity index (χ0) is 7.40. The largest absolute Gasteiger partial charge is 0.293 e. The van der Waals surface area contributed by atoms with Crippen molar-refractivity contribution < 1.29 is 4.79 Å². The molecule has 0 aromatic rings. The molecule has 0 aliphatic heterocycles. The molecule has 0 spiro atoms. The Labute approximate surface area is 61.3 Å². The Balaban J connectivity index is 2.61. The van der Waals surface area contributed by atoms with Gasteiger partial charge in [0.2, 0.25) is 0 Å². The van der Waals surface area contributed by atoms with Crippen molar-refractivity contribution in [3.05, 3.63) is 0 Å². The molecule has 1 fully saturated rings. The summed E-state index contributed by atoms with van der Waals surface area (Å²) >= 11 is 0. The third-order valence-electron chi connectivity index (χ3n) is 1.91. The quantitative estimate of drug-likeness (QED) is 0.468. The van der Waals surface area contributed by atoms with Crippen LogP contribution in [0, 0.1) is 0 Å². The van der Waals surface area contributed by atoms with Gasteiger partial charge in [0.15, 0.2) is 5.78 Å². The van der Waals surface area contributed by atoms with E-state index in [-0.39, 0.29) is 5.78 Å². The minimum Gasteiger partial charge on any atom is -0.293 e. The van der Waals surface area contributed by atoms with Crippen molar-refractivity contribution in [3.8, 4) is 0 Å². The van der Waals surface area contributed by atoms with Crippen molar-refractivity contribution in [1.82, 2.24) is 0 Å². The molecule has 1 rings (SSSR count).